The van der Waals surface area contributed by atoms with E-state index < -0.39 is 0 Å². The van der Waals surface area contributed by atoms with Gasteiger partial charge in [0.1, 0.15) is 11.8 Å². The van der Waals surface area contributed by atoms with Crippen LogP contribution in [0.25, 0.3) is 0 Å². The maximum absolute atomic E-state index is 8.64. The Morgan fingerprint density at radius 2 is 2.11 bits per heavy atom. The first-order valence-electron chi connectivity index (χ1n) is 6.35. The highest BCUT2D eigenvalue weighted by Crippen LogP contribution is 2.23. The van der Waals surface area contributed by atoms with E-state index in [-0.39, 0.29) is 24.1 Å². The first-order valence-corrected chi connectivity index (χ1v) is 6.35. The molecule has 1 aromatic heterocycles. The van der Waals surface area contributed by atoms with Gasteiger partial charge in [0.05, 0.1) is 12.2 Å². The van der Waals surface area contributed by atoms with Crippen molar-refractivity contribution >= 4 is 5.84 Å². The third-order valence-corrected chi connectivity index (χ3v) is 3.04. The van der Waals surface area contributed by atoms with E-state index >= 15 is 0 Å². The minimum absolute atomic E-state index is 0.0286. The summed E-state index contributed by atoms with van der Waals surface area (Å²) in [5.41, 5.74) is 5.90. The Kier molecular flexibility index (Phi) is 4.21. The van der Waals surface area contributed by atoms with Crippen LogP contribution in [0.15, 0.2) is 23.4 Å². The quantitative estimate of drug-likeness (QED) is 0.374. The molecule has 2 unspecified atom stereocenters. The van der Waals surface area contributed by atoms with Crippen LogP contribution in [-0.2, 0) is 4.74 Å². The standard InChI is InChI=1S/C13H19N3O3/c1-8-6-10(7-9(2)18-8)19-12-5-3-4-11(15-12)13(14)16-17/h3-5,8-10,17H,6-7H2,1-2H3,(H2,14,16). The third kappa shape index (κ3) is 3.57. The molecule has 0 aromatic carbocycles. The Bertz CT molecular complexity index is 454. The zero-order valence-electron chi connectivity index (χ0n) is 11.1. The molecule has 0 amide bonds. The summed E-state index contributed by atoms with van der Waals surface area (Å²) in [7, 11) is 0. The van der Waals surface area contributed by atoms with E-state index in [9.17, 15) is 0 Å². The van der Waals surface area contributed by atoms with E-state index in [0.29, 0.717) is 11.6 Å². The SMILES string of the molecule is CC1CC(Oc2cccc(/C(N)=N/O)n2)CC(C)O1. The van der Waals surface area contributed by atoms with Crippen molar-refractivity contribution < 1.29 is 14.7 Å². The summed E-state index contributed by atoms with van der Waals surface area (Å²) in [4.78, 5) is 4.21. The van der Waals surface area contributed by atoms with Crippen LogP contribution in [0.4, 0.5) is 0 Å². The maximum atomic E-state index is 8.64. The molecule has 1 aliphatic rings. The number of amidine groups is 1. The third-order valence-electron chi connectivity index (χ3n) is 3.04. The molecule has 2 atom stereocenters. The van der Waals surface area contributed by atoms with Crippen molar-refractivity contribution in [3.8, 4) is 5.88 Å². The molecule has 6 heteroatoms. The molecule has 0 aliphatic carbocycles. The number of pyridine rings is 1. The highest BCUT2D eigenvalue weighted by atomic mass is 16.5. The molecule has 104 valence electrons. The van der Waals surface area contributed by atoms with Gasteiger partial charge in [0.15, 0.2) is 5.84 Å². The van der Waals surface area contributed by atoms with Crippen LogP contribution in [0, 0.1) is 0 Å². The summed E-state index contributed by atoms with van der Waals surface area (Å²) in [6.07, 6.45) is 2.11. The predicted octanol–water partition coefficient (Wildman–Crippen LogP) is 1.51. The molecule has 19 heavy (non-hydrogen) atoms. The highest BCUT2D eigenvalue weighted by Gasteiger charge is 2.26. The second kappa shape index (κ2) is 5.88. The summed E-state index contributed by atoms with van der Waals surface area (Å²) in [6, 6.07) is 5.19. The topological polar surface area (TPSA) is 90.0 Å². The van der Waals surface area contributed by atoms with E-state index in [1.165, 1.54) is 0 Å². The van der Waals surface area contributed by atoms with Gasteiger partial charge in [-0.15, -0.1) is 0 Å². The molecular formula is C13H19N3O3. The maximum Gasteiger partial charge on any atom is 0.214 e. The van der Waals surface area contributed by atoms with Gasteiger partial charge in [-0.05, 0) is 19.9 Å². The van der Waals surface area contributed by atoms with Gasteiger partial charge in [0, 0.05) is 18.9 Å². The van der Waals surface area contributed by atoms with Gasteiger partial charge < -0.3 is 20.4 Å². The van der Waals surface area contributed by atoms with Crippen molar-refractivity contribution in [2.75, 3.05) is 0 Å². The Morgan fingerprint density at radius 1 is 1.42 bits per heavy atom. The van der Waals surface area contributed by atoms with Crippen LogP contribution in [0.1, 0.15) is 32.4 Å². The van der Waals surface area contributed by atoms with E-state index in [4.69, 9.17) is 20.4 Å². The van der Waals surface area contributed by atoms with Crippen LogP contribution >= 0.6 is 0 Å². The van der Waals surface area contributed by atoms with Gasteiger partial charge in [-0.25, -0.2) is 4.98 Å². The summed E-state index contributed by atoms with van der Waals surface area (Å²) in [6.45, 7) is 4.07. The predicted molar refractivity (Wildman–Crippen MR) is 70.4 cm³/mol. The zero-order chi connectivity index (χ0) is 13.8. The first kappa shape index (κ1) is 13.6. The molecule has 0 saturated carbocycles. The lowest BCUT2D eigenvalue weighted by Gasteiger charge is -2.31. The second-order valence-electron chi connectivity index (χ2n) is 4.81. The summed E-state index contributed by atoms with van der Waals surface area (Å²) >= 11 is 0. The molecule has 1 saturated heterocycles. The van der Waals surface area contributed by atoms with Gasteiger partial charge >= 0.3 is 0 Å². The van der Waals surface area contributed by atoms with Crippen LogP contribution in [-0.4, -0.2) is 34.3 Å². The Morgan fingerprint density at radius 3 is 2.74 bits per heavy atom. The van der Waals surface area contributed by atoms with Gasteiger partial charge in [0.2, 0.25) is 5.88 Å². The molecule has 2 heterocycles. The van der Waals surface area contributed by atoms with Gasteiger partial charge in [-0.3, -0.25) is 0 Å². The second-order valence-corrected chi connectivity index (χ2v) is 4.81. The lowest BCUT2D eigenvalue weighted by molar-refractivity contribution is -0.0729. The normalized spacial score (nSPS) is 28.1. The number of hydrogen-bond donors (Lipinski definition) is 2. The lowest BCUT2D eigenvalue weighted by atomic mass is 10.0. The number of oxime groups is 1. The summed E-state index contributed by atoms with van der Waals surface area (Å²) < 4.78 is 11.5. The fourth-order valence-corrected chi connectivity index (χ4v) is 2.29. The molecule has 6 nitrogen and oxygen atoms in total. The number of ether oxygens (including phenoxy) is 2. The van der Waals surface area contributed by atoms with Crippen molar-refractivity contribution in [1.29, 1.82) is 0 Å². The lowest BCUT2D eigenvalue weighted by Crippen LogP contribution is -2.36. The van der Waals surface area contributed by atoms with Crippen LogP contribution in [0.5, 0.6) is 5.88 Å². The summed E-state index contributed by atoms with van der Waals surface area (Å²) in [5, 5.41) is 11.6. The fraction of sp³-hybridized carbons (Fsp3) is 0.538. The van der Waals surface area contributed by atoms with E-state index in [2.05, 4.69) is 10.1 Å². The van der Waals surface area contributed by atoms with Crippen LogP contribution in [0.2, 0.25) is 0 Å². The molecule has 0 bridgehead atoms. The van der Waals surface area contributed by atoms with Gasteiger partial charge in [-0.1, -0.05) is 11.2 Å². The van der Waals surface area contributed by atoms with E-state index in [1.54, 1.807) is 18.2 Å². The molecule has 1 aliphatic heterocycles. The van der Waals surface area contributed by atoms with Crippen molar-refractivity contribution in [2.24, 2.45) is 10.9 Å². The average Bonchev–Trinajstić information content (AvgIpc) is 2.37. The Hall–Kier alpha value is -1.82. The zero-order valence-corrected chi connectivity index (χ0v) is 11.1. The van der Waals surface area contributed by atoms with Crippen molar-refractivity contribution in [3.63, 3.8) is 0 Å². The number of nitrogens with two attached hydrogens (primary N) is 1. The van der Waals surface area contributed by atoms with Gasteiger partial charge in [0.25, 0.3) is 0 Å². The molecule has 0 spiro atoms. The Balaban J connectivity index is 2.06. The fourth-order valence-electron chi connectivity index (χ4n) is 2.29. The number of hydrogen-bond acceptors (Lipinski definition) is 5. The minimum Gasteiger partial charge on any atom is -0.474 e. The molecule has 0 radical (unpaired) electrons. The van der Waals surface area contributed by atoms with Gasteiger partial charge in [-0.2, -0.15) is 0 Å². The number of aromatic nitrogens is 1. The number of rotatable bonds is 3. The highest BCUT2D eigenvalue weighted by molar-refractivity contribution is 5.95. The molecule has 1 aromatic rings. The van der Waals surface area contributed by atoms with Crippen molar-refractivity contribution in [3.05, 3.63) is 23.9 Å². The van der Waals surface area contributed by atoms with Crippen LogP contribution in [0.3, 0.4) is 0 Å². The largest absolute Gasteiger partial charge is 0.474 e. The average molecular weight is 265 g/mol. The Labute approximate surface area is 112 Å². The molecule has 3 N–H and O–H groups in total. The monoisotopic (exact) mass is 265 g/mol. The number of nitrogens with zero attached hydrogens (tertiary/aromatic N) is 2. The smallest absolute Gasteiger partial charge is 0.214 e. The van der Waals surface area contributed by atoms with E-state index in [0.717, 1.165) is 12.8 Å². The minimum atomic E-state index is -0.0286. The summed E-state index contributed by atoms with van der Waals surface area (Å²) in [5.74, 6) is 0.453. The molecule has 1 fully saturated rings. The van der Waals surface area contributed by atoms with Crippen LogP contribution < -0.4 is 10.5 Å². The van der Waals surface area contributed by atoms with E-state index in [1.807, 2.05) is 13.8 Å². The molecular weight excluding hydrogens is 246 g/mol. The van der Waals surface area contributed by atoms with Crippen molar-refractivity contribution in [2.45, 2.75) is 45.0 Å². The first-order chi connectivity index (χ1) is 9.08. The molecule has 2 rings (SSSR count). The van der Waals surface area contributed by atoms with Crippen molar-refractivity contribution in [1.82, 2.24) is 4.98 Å².